The van der Waals surface area contributed by atoms with Crippen molar-refractivity contribution in [3.05, 3.63) is 113 Å². The number of alkyl halides is 1. The Morgan fingerprint density at radius 1 is 0.918 bits per heavy atom. The van der Waals surface area contributed by atoms with Crippen molar-refractivity contribution in [2.75, 3.05) is 53.6 Å². The number of nitrogens with zero attached hydrogens (tertiary/aromatic N) is 8. The number of hydrogen-bond acceptors (Lipinski definition) is 9. The fraction of sp³-hybridized carbons (Fsp3) is 0.353. The van der Waals surface area contributed by atoms with Crippen LogP contribution in [0.25, 0.3) is 5.69 Å². The molecule has 2 aliphatic heterocycles. The summed E-state index contributed by atoms with van der Waals surface area (Å²) in [5.74, 6) is -2.33. The number of benzene rings is 3. The van der Waals surface area contributed by atoms with Gasteiger partial charge in [0.25, 0.3) is 0 Å². The minimum atomic E-state index is -1.53. The molecule has 3 unspecified atom stereocenters. The molecule has 2 fully saturated rings. The number of hydrogen-bond donors (Lipinski definition) is 0. The van der Waals surface area contributed by atoms with Crippen LogP contribution in [0.5, 0.6) is 5.75 Å². The molecule has 2 aliphatic rings. The summed E-state index contributed by atoms with van der Waals surface area (Å²) in [7, 11) is 0. The molecule has 15 heteroatoms. The molecule has 2 aromatic heterocycles. The van der Waals surface area contributed by atoms with E-state index >= 15 is 0 Å². The summed E-state index contributed by atoms with van der Waals surface area (Å²) in [5, 5.41) is 12.5. The van der Waals surface area contributed by atoms with E-state index in [0.29, 0.717) is 5.75 Å². The van der Waals surface area contributed by atoms with Crippen molar-refractivity contribution in [2.24, 2.45) is 0 Å². The summed E-state index contributed by atoms with van der Waals surface area (Å²) in [5.41, 5.74) is 2.87. The van der Waals surface area contributed by atoms with Gasteiger partial charge >= 0.3 is 5.69 Å². The molecule has 0 radical (unpaired) electrons. The van der Waals surface area contributed by atoms with E-state index in [1.807, 2.05) is 55.5 Å². The molecule has 5 aromatic rings. The summed E-state index contributed by atoms with van der Waals surface area (Å²) in [4.78, 5) is 18.8. The lowest BCUT2D eigenvalue weighted by Crippen LogP contribution is -2.46. The first-order valence-electron chi connectivity index (χ1n) is 16.0. The van der Waals surface area contributed by atoms with Gasteiger partial charge in [0.05, 0.1) is 24.7 Å². The van der Waals surface area contributed by atoms with Crippen molar-refractivity contribution in [1.82, 2.24) is 29.3 Å². The zero-order valence-electron chi connectivity index (χ0n) is 26.7. The Morgan fingerprint density at radius 3 is 2.18 bits per heavy atom. The molecule has 4 heterocycles. The highest BCUT2D eigenvalue weighted by Gasteiger charge is 2.46. The highest BCUT2D eigenvalue weighted by Crippen LogP contribution is 2.38. The van der Waals surface area contributed by atoms with E-state index in [1.54, 1.807) is 10.9 Å². The van der Waals surface area contributed by atoms with Crippen LogP contribution in [-0.4, -0.2) is 79.3 Å². The Balaban J connectivity index is 0.925. The summed E-state index contributed by atoms with van der Waals surface area (Å²) in [6, 6.07) is 19.2. The van der Waals surface area contributed by atoms with E-state index in [0.717, 1.165) is 53.7 Å². The van der Waals surface area contributed by atoms with E-state index in [9.17, 15) is 13.6 Å². The molecule has 0 aliphatic carbocycles. The Morgan fingerprint density at radius 2 is 1.55 bits per heavy atom. The number of aromatic nitrogens is 6. The highest BCUT2D eigenvalue weighted by molar-refractivity contribution is 14.1. The summed E-state index contributed by atoms with van der Waals surface area (Å²) in [6.45, 7) is 5.69. The molecular formula is C34H35F2IN8O4. The van der Waals surface area contributed by atoms with Crippen LogP contribution in [0.1, 0.15) is 18.5 Å². The largest absolute Gasteiger partial charge is 0.491 e. The average Bonchev–Trinajstić information content (AvgIpc) is 3.88. The zero-order valence-corrected chi connectivity index (χ0v) is 28.9. The van der Waals surface area contributed by atoms with Crippen molar-refractivity contribution in [3.63, 3.8) is 0 Å². The van der Waals surface area contributed by atoms with Crippen molar-refractivity contribution in [1.29, 1.82) is 0 Å². The van der Waals surface area contributed by atoms with E-state index in [2.05, 4.69) is 47.7 Å². The van der Waals surface area contributed by atoms with Gasteiger partial charge in [-0.15, -0.1) is 0 Å². The smallest absolute Gasteiger partial charge is 0.350 e. The lowest BCUT2D eigenvalue weighted by molar-refractivity contribution is -0.194. The molecular weight excluding hydrogens is 749 g/mol. The van der Waals surface area contributed by atoms with Gasteiger partial charge in [-0.25, -0.2) is 13.6 Å². The topological polar surface area (TPSA) is 105 Å². The normalized spacial score (nSPS) is 20.1. The Labute approximate surface area is 294 Å². The molecule has 2 saturated heterocycles. The number of ether oxygens (including phenoxy) is 3. The fourth-order valence-corrected chi connectivity index (χ4v) is 6.53. The number of piperazine rings is 1. The number of anilines is 2. The number of rotatable bonds is 11. The second-order valence-electron chi connectivity index (χ2n) is 12.0. The van der Waals surface area contributed by atoms with Crippen LogP contribution in [-0.2, 0) is 21.8 Å². The standard InChI is InChI=1S/C34H35F2IN8O4/c1-24(19-37)43-23-40-45(33(43)46)28-5-3-26(4-6-28)41-14-16-42(17-15-41)27-7-9-29(10-8-27)47-20-30-21-48-34(49-30,22-44-38-12-13-39-44)31-11-2-25(35)18-32(31)36/h2-13,18,23-24,30H,14-17,19-22H2,1H3. The maximum Gasteiger partial charge on any atom is 0.350 e. The molecule has 0 spiro atoms. The van der Waals surface area contributed by atoms with E-state index in [-0.39, 0.29) is 37.1 Å². The molecule has 49 heavy (non-hydrogen) atoms. The van der Waals surface area contributed by atoms with Gasteiger partial charge in [0.1, 0.15) is 43.0 Å². The van der Waals surface area contributed by atoms with Crippen molar-refractivity contribution >= 4 is 34.0 Å². The SMILES string of the molecule is CC(CI)n1cnn(-c2ccc(N3CCN(c4ccc(OCC5COC(Cn6nccn6)(c6ccc(F)cc6F)O5)cc4)CC3)cc2)c1=O. The monoisotopic (exact) mass is 784 g/mol. The molecule has 3 aromatic carbocycles. The second kappa shape index (κ2) is 14.2. The predicted octanol–water partition coefficient (Wildman–Crippen LogP) is 4.57. The summed E-state index contributed by atoms with van der Waals surface area (Å²) < 4.78 is 50.7. The van der Waals surface area contributed by atoms with Gasteiger partial charge in [-0.1, -0.05) is 22.6 Å². The van der Waals surface area contributed by atoms with Crippen LogP contribution >= 0.6 is 22.6 Å². The minimum Gasteiger partial charge on any atom is -0.491 e. The second-order valence-corrected chi connectivity index (χ2v) is 12.9. The molecule has 0 bridgehead atoms. The van der Waals surface area contributed by atoms with E-state index in [4.69, 9.17) is 14.2 Å². The maximum absolute atomic E-state index is 14.9. The third-order valence-corrected chi connectivity index (χ3v) is 10.1. The first-order valence-corrected chi connectivity index (χ1v) is 17.5. The number of halogens is 3. The first-order chi connectivity index (χ1) is 23.8. The molecule has 0 amide bonds. The Hall–Kier alpha value is -4.35. The average molecular weight is 785 g/mol. The molecule has 7 rings (SSSR count). The molecule has 0 N–H and O–H groups in total. The Bertz CT molecular complexity index is 1910. The van der Waals surface area contributed by atoms with Crippen LogP contribution < -0.4 is 20.2 Å². The quantitative estimate of drug-likeness (QED) is 0.141. The van der Waals surface area contributed by atoms with Gasteiger partial charge in [-0.2, -0.15) is 24.8 Å². The summed E-state index contributed by atoms with van der Waals surface area (Å²) in [6.07, 6.45) is 4.10. The molecule has 3 atom stereocenters. The van der Waals surface area contributed by atoms with Crippen LogP contribution in [0.3, 0.4) is 0 Å². The Kier molecular flexibility index (Phi) is 9.64. The van der Waals surface area contributed by atoms with Crippen molar-refractivity contribution < 1.29 is 23.0 Å². The van der Waals surface area contributed by atoms with Crippen molar-refractivity contribution in [2.45, 2.75) is 31.4 Å². The van der Waals surface area contributed by atoms with E-state index in [1.165, 1.54) is 34.0 Å². The van der Waals surface area contributed by atoms with Gasteiger partial charge in [0, 0.05) is 59.7 Å². The predicted molar refractivity (Wildman–Crippen MR) is 187 cm³/mol. The fourth-order valence-electron chi connectivity index (χ4n) is 6.10. The summed E-state index contributed by atoms with van der Waals surface area (Å²) >= 11 is 2.27. The lowest BCUT2D eigenvalue weighted by atomic mass is 10.0. The molecule has 12 nitrogen and oxygen atoms in total. The van der Waals surface area contributed by atoms with E-state index < -0.39 is 23.5 Å². The van der Waals surface area contributed by atoms with Crippen molar-refractivity contribution in [3.8, 4) is 11.4 Å². The zero-order chi connectivity index (χ0) is 34.0. The van der Waals surface area contributed by atoms with Crippen LogP contribution in [0.2, 0.25) is 0 Å². The lowest BCUT2D eigenvalue weighted by Gasteiger charge is -2.37. The minimum absolute atomic E-state index is 0.0157. The molecule has 256 valence electrons. The van der Waals surface area contributed by atoms with Gasteiger partial charge in [0.15, 0.2) is 0 Å². The third-order valence-electron chi connectivity index (χ3n) is 8.79. The van der Waals surface area contributed by atoms with Gasteiger partial charge < -0.3 is 24.0 Å². The van der Waals surface area contributed by atoms with Crippen LogP contribution in [0.15, 0.2) is 90.2 Å². The first kappa shape index (κ1) is 33.2. The van der Waals surface area contributed by atoms with Gasteiger partial charge in [0.2, 0.25) is 5.79 Å². The third kappa shape index (κ3) is 7.05. The van der Waals surface area contributed by atoms with Crippen LogP contribution in [0, 0.1) is 11.6 Å². The van der Waals surface area contributed by atoms with Gasteiger partial charge in [-0.3, -0.25) is 4.57 Å². The van der Waals surface area contributed by atoms with Gasteiger partial charge in [-0.05, 0) is 67.6 Å². The highest BCUT2D eigenvalue weighted by atomic mass is 127. The maximum atomic E-state index is 14.9. The van der Waals surface area contributed by atoms with Crippen LogP contribution in [0.4, 0.5) is 20.2 Å². The molecule has 0 saturated carbocycles.